The van der Waals surface area contributed by atoms with Crippen molar-refractivity contribution >= 4 is 34.4 Å². The molecule has 4 aromatic rings. The SMILES string of the molecule is CCOc1ccccc1NC(=O)N1Cc2c(sc3c2CCCC3)-n2cccc2[C@@H]1c1cccs1. The molecule has 5 nitrogen and oxygen atoms in total. The second-order valence-corrected chi connectivity index (χ2v) is 10.8. The molecule has 3 aromatic heterocycles. The van der Waals surface area contributed by atoms with Crippen molar-refractivity contribution in [2.24, 2.45) is 0 Å². The molecule has 34 heavy (non-hydrogen) atoms. The van der Waals surface area contributed by atoms with Crippen LogP contribution >= 0.6 is 22.7 Å². The van der Waals surface area contributed by atoms with Crippen LogP contribution in [0.15, 0.2) is 60.1 Å². The first-order valence-electron chi connectivity index (χ1n) is 11.9. The van der Waals surface area contributed by atoms with Crippen LogP contribution in [0.5, 0.6) is 5.75 Å². The lowest BCUT2D eigenvalue weighted by Crippen LogP contribution is -2.37. The summed E-state index contributed by atoms with van der Waals surface area (Å²) in [4.78, 5) is 18.6. The Hall–Kier alpha value is -3.03. The summed E-state index contributed by atoms with van der Waals surface area (Å²) in [6.07, 6.45) is 6.87. The number of aromatic nitrogens is 1. The van der Waals surface area contributed by atoms with Crippen LogP contribution in [-0.4, -0.2) is 22.1 Å². The van der Waals surface area contributed by atoms with Gasteiger partial charge in [0.1, 0.15) is 16.8 Å². The summed E-state index contributed by atoms with van der Waals surface area (Å²) < 4.78 is 8.10. The van der Waals surface area contributed by atoms with Gasteiger partial charge in [0.05, 0.1) is 24.5 Å². The zero-order valence-corrected chi connectivity index (χ0v) is 20.8. The molecule has 0 bridgehead atoms. The van der Waals surface area contributed by atoms with Gasteiger partial charge in [-0.3, -0.25) is 0 Å². The molecule has 0 spiro atoms. The number of nitrogens with one attached hydrogen (secondary N) is 1. The Morgan fingerprint density at radius 3 is 2.82 bits per heavy atom. The average Bonchev–Trinajstić information content (AvgIpc) is 3.60. The Labute approximate surface area is 207 Å². The molecule has 6 rings (SSSR count). The molecular weight excluding hydrogens is 462 g/mol. The van der Waals surface area contributed by atoms with E-state index >= 15 is 0 Å². The first-order chi connectivity index (χ1) is 16.7. The minimum atomic E-state index is -0.159. The number of hydrogen-bond donors (Lipinski definition) is 1. The number of urea groups is 1. The van der Waals surface area contributed by atoms with Crippen LogP contribution < -0.4 is 10.1 Å². The topological polar surface area (TPSA) is 46.5 Å². The number of nitrogens with zero attached hydrogens (tertiary/aromatic N) is 2. The highest BCUT2D eigenvalue weighted by Gasteiger charge is 2.36. The van der Waals surface area contributed by atoms with Gasteiger partial charge in [-0.15, -0.1) is 22.7 Å². The molecule has 0 fully saturated rings. The molecule has 1 atom stereocenters. The molecule has 1 aliphatic carbocycles. The molecule has 2 aliphatic rings. The Balaban J connectivity index is 1.46. The van der Waals surface area contributed by atoms with Gasteiger partial charge in [-0.25, -0.2) is 4.79 Å². The minimum absolute atomic E-state index is 0.109. The maximum absolute atomic E-state index is 14.0. The van der Waals surface area contributed by atoms with E-state index in [1.54, 1.807) is 11.3 Å². The smallest absolute Gasteiger partial charge is 0.323 e. The lowest BCUT2D eigenvalue weighted by molar-refractivity contribution is 0.195. The van der Waals surface area contributed by atoms with Crippen molar-refractivity contribution in [2.45, 2.75) is 45.2 Å². The number of anilines is 1. The zero-order valence-electron chi connectivity index (χ0n) is 19.1. The summed E-state index contributed by atoms with van der Waals surface area (Å²) in [6.45, 7) is 3.09. The van der Waals surface area contributed by atoms with E-state index in [1.807, 2.05) is 47.4 Å². The maximum atomic E-state index is 14.0. The van der Waals surface area contributed by atoms with E-state index < -0.39 is 0 Å². The molecule has 174 valence electrons. The van der Waals surface area contributed by atoms with Crippen LogP contribution in [0.25, 0.3) is 5.00 Å². The standard InChI is InChI=1S/C27H27N3O2S2/c1-2-32-22-12-5-4-10-20(22)28-27(31)30-17-19-18-9-3-6-13-23(18)34-26(19)29-15-7-11-21(29)25(30)24-14-8-16-33-24/h4-5,7-8,10-12,14-16,25H,2-3,6,9,13,17H2,1H3,(H,28,31)/t25-/m1/s1. The van der Waals surface area contributed by atoms with E-state index in [0.717, 1.165) is 23.4 Å². The number of fused-ring (bicyclic) bond motifs is 5. The lowest BCUT2D eigenvalue weighted by atomic mass is 9.95. The van der Waals surface area contributed by atoms with Crippen molar-refractivity contribution in [3.8, 4) is 10.8 Å². The second kappa shape index (κ2) is 8.96. The van der Waals surface area contributed by atoms with Gasteiger partial charge in [-0.1, -0.05) is 18.2 Å². The van der Waals surface area contributed by atoms with Gasteiger partial charge in [0.15, 0.2) is 0 Å². The molecule has 4 heterocycles. The highest BCUT2D eigenvalue weighted by atomic mass is 32.1. The van der Waals surface area contributed by atoms with Crippen molar-refractivity contribution < 1.29 is 9.53 Å². The number of carbonyl (C=O) groups excluding carboxylic acids is 1. The first kappa shape index (κ1) is 21.5. The average molecular weight is 490 g/mol. The Kier molecular flexibility index (Phi) is 5.67. The van der Waals surface area contributed by atoms with Gasteiger partial charge < -0.3 is 19.5 Å². The van der Waals surface area contributed by atoms with Crippen LogP contribution in [0.4, 0.5) is 10.5 Å². The Bertz CT molecular complexity index is 1320. The van der Waals surface area contributed by atoms with Gasteiger partial charge >= 0.3 is 6.03 Å². The summed E-state index contributed by atoms with van der Waals surface area (Å²) in [7, 11) is 0. The Morgan fingerprint density at radius 1 is 1.09 bits per heavy atom. The Morgan fingerprint density at radius 2 is 1.97 bits per heavy atom. The summed E-state index contributed by atoms with van der Waals surface area (Å²) in [6, 6.07) is 15.9. The normalized spacial score (nSPS) is 16.9. The van der Waals surface area contributed by atoms with E-state index in [0.29, 0.717) is 24.6 Å². The molecule has 0 saturated carbocycles. The highest BCUT2D eigenvalue weighted by molar-refractivity contribution is 7.15. The highest BCUT2D eigenvalue weighted by Crippen LogP contribution is 2.45. The summed E-state index contributed by atoms with van der Waals surface area (Å²) in [5, 5.41) is 6.54. The fraction of sp³-hybridized carbons (Fsp3) is 0.296. The largest absolute Gasteiger partial charge is 0.492 e. The number of carbonyl (C=O) groups is 1. The third kappa shape index (κ3) is 3.63. The predicted octanol–water partition coefficient (Wildman–Crippen LogP) is 7.01. The van der Waals surface area contributed by atoms with Crippen LogP contribution in [0.2, 0.25) is 0 Å². The van der Waals surface area contributed by atoms with Crippen molar-refractivity contribution in [2.75, 3.05) is 11.9 Å². The van der Waals surface area contributed by atoms with E-state index in [1.165, 1.54) is 33.8 Å². The fourth-order valence-electron chi connectivity index (χ4n) is 5.17. The summed E-state index contributed by atoms with van der Waals surface area (Å²) >= 11 is 3.61. The van der Waals surface area contributed by atoms with Crippen molar-refractivity contribution in [3.05, 3.63) is 86.7 Å². The number of aryl methyl sites for hydroxylation is 1. The van der Waals surface area contributed by atoms with E-state index in [-0.39, 0.29) is 12.1 Å². The minimum Gasteiger partial charge on any atom is -0.492 e. The molecule has 0 saturated heterocycles. The number of thiophene rings is 2. The number of ether oxygens (including phenoxy) is 1. The quantitative estimate of drug-likeness (QED) is 0.335. The fourth-order valence-corrected chi connectivity index (χ4v) is 7.42. The van der Waals surface area contributed by atoms with E-state index in [9.17, 15) is 4.79 Å². The molecule has 7 heteroatoms. The third-order valence-electron chi connectivity index (χ3n) is 6.68. The first-order valence-corrected chi connectivity index (χ1v) is 13.6. The van der Waals surface area contributed by atoms with Gasteiger partial charge in [-0.2, -0.15) is 0 Å². The van der Waals surface area contributed by atoms with E-state index in [4.69, 9.17) is 4.74 Å². The molecular formula is C27H27N3O2S2. The van der Waals surface area contributed by atoms with E-state index in [2.05, 4.69) is 45.7 Å². The number of para-hydroxylation sites is 2. The lowest BCUT2D eigenvalue weighted by Gasteiger charge is -2.30. The molecule has 1 aromatic carbocycles. The van der Waals surface area contributed by atoms with Gasteiger partial charge in [0.2, 0.25) is 0 Å². The van der Waals surface area contributed by atoms with Crippen molar-refractivity contribution in [3.63, 3.8) is 0 Å². The maximum Gasteiger partial charge on any atom is 0.323 e. The predicted molar refractivity (Wildman–Crippen MR) is 139 cm³/mol. The molecule has 1 aliphatic heterocycles. The molecule has 2 amide bonds. The zero-order chi connectivity index (χ0) is 23.1. The molecule has 0 radical (unpaired) electrons. The second-order valence-electron chi connectivity index (χ2n) is 8.70. The van der Waals surface area contributed by atoms with Crippen molar-refractivity contribution in [1.82, 2.24) is 9.47 Å². The van der Waals surface area contributed by atoms with Crippen LogP contribution in [0.1, 0.15) is 52.4 Å². The number of hydrogen-bond acceptors (Lipinski definition) is 4. The van der Waals surface area contributed by atoms with Gasteiger partial charge in [0.25, 0.3) is 0 Å². The molecule has 0 unspecified atom stereocenters. The van der Waals surface area contributed by atoms with Crippen molar-refractivity contribution in [1.29, 1.82) is 0 Å². The van der Waals surface area contributed by atoms with Crippen LogP contribution in [-0.2, 0) is 19.4 Å². The number of benzene rings is 1. The van der Waals surface area contributed by atoms with Gasteiger partial charge in [0, 0.05) is 21.5 Å². The van der Waals surface area contributed by atoms with Gasteiger partial charge in [-0.05, 0) is 73.9 Å². The third-order valence-corrected chi connectivity index (χ3v) is 8.94. The summed E-state index contributed by atoms with van der Waals surface area (Å²) in [5.41, 5.74) is 4.61. The molecule has 1 N–H and O–H groups in total. The number of rotatable bonds is 4. The van der Waals surface area contributed by atoms with Crippen LogP contribution in [0, 0.1) is 0 Å². The van der Waals surface area contributed by atoms with Crippen LogP contribution in [0.3, 0.4) is 0 Å². The number of amides is 2. The monoisotopic (exact) mass is 489 g/mol. The summed E-state index contributed by atoms with van der Waals surface area (Å²) in [5.74, 6) is 0.692.